The van der Waals surface area contributed by atoms with Crippen LogP contribution < -0.4 is 0 Å². The van der Waals surface area contributed by atoms with Crippen molar-refractivity contribution in [1.29, 1.82) is 0 Å². The normalized spacial score (nSPS) is 17.8. The van der Waals surface area contributed by atoms with Gasteiger partial charge in [-0.05, 0) is 12.1 Å². The van der Waals surface area contributed by atoms with Crippen molar-refractivity contribution in [2.45, 2.75) is 11.8 Å². The maximum absolute atomic E-state index is 14.6. The topological polar surface area (TPSA) is 0 Å². The first-order valence-electron chi connectivity index (χ1n) is 6.98. The van der Waals surface area contributed by atoms with Crippen LogP contribution in [0.5, 0.6) is 0 Å². The van der Waals surface area contributed by atoms with E-state index in [1.54, 1.807) is 0 Å². The number of hydrogen-bond acceptors (Lipinski definition) is 2. The minimum atomic E-state index is -3.95. The second-order valence-electron chi connectivity index (χ2n) is 5.88. The van der Waals surface area contributed by atoms with Gasteiger partial charge in [-0.15, -0.1) is 22.7 Å². The van der Waals surface area contributed by atoms with Crippen LogP contribution in [0.3, 0.4) is 0 Å². The van der Waals surface area contributed by atoms with E-state index in [1.807, 2.05) is 0 Å². The Bertz CT molecular complexity index is 1050. The molecule has 2 aliphatic rings. The van der Waals surface area contributed by atoms with Crippen molar-refractivity contribution in [2.24, 2.45) is 0 Å². The highest BCUT2D eigenvalue weighted by molar-refractivity contribution is 7.14. The van der Waals surface area contributed by atoms with Gasteiger partial charge in [-0.2, -0.15) is 26.3 Å². The highest BCUT2D eigenvalue weighted by Gasteiger charge is 2.54. The maximum Gasteiger partial charge on any atom is 0.303 e. The van der Waals surface area contributed by atoms with Crippen LogP contribution in [-0.4, -0.2) is 0 Å². The fourth-order valence-corrected chi connectivity index (χ4v) is 5.41. The fraction of sp³-hybridized carbons (Fsp3) is 0.125. The number of rotatable bonds is 0. The minimum Gasteiger partial charge on any atom is -0.202 e. The molecule has 0 nitrogen and oxygen atoms in total. The van der Waals surface area contributed by atoms with Gasteiger partial charge in [0.2, 0.25) is 10.3 Å². The molecule has 0 atom stereocenters. The van der Waals surface area contributed by atoms with E-state index in [2.05, 4.69) is 0 Å². The molecule has 134 valence electrons. The van der Waals surface area contributed by atoms with Crippen molar-refractivity contribution in [3.63, 3.8) is 0 Å². The Labute approximate surface area is 147 Å². The molecule has 0 bridgehead atoms. The number of alkyl halides is 4. The Morgan fingerprint density at radius 1 is 0.615 bits per heavy atom. The zero-order valence-electron chi connectivity index (χ0n) is 12.0. The van der Waals surface area contributed by atoms with Crippen molar-refractivity contribution in [3.05, 3.63) is 56.3 Å². The summed E-state index contributed by atoms with van der Waals surface area (Å²) in [5.41, 5.74) is -4.88. The standard InChI is InChI=1S/C16H2F8S2/c17-9-7-11(25-13(9)19)3-1-5-4(2-6(3)16(7,23)24)12-8(15(5,21)22)10(18)14(20)26-12/h1-2H. The van der Waals surface area contributed by atoms with Gasteiger partial charge in [-0.25, -0.2) is 8.78 Å². The molecule has 1 aromatic carbocycles. The van der Waals surface area contributed by atoms with Crippen LogP contribution in [0.4, 0.5) is 35.1 Å². The van der Waals surface area contributed by atoms with Gasteiger partial charge < -0.3 is 0 Å². The van der Waals surface area contributed by atoms with E-state index in [4.69, 9.17) is 0 Å². The first-order valence-corrected chi connectivity index (χ1v) is 8.62. The largest absolute Gasteiger partial charge is 0.303 e. The van der Waals surface area contributed by atoms with Crippen LogP contribution in [0.1, 0.15) is 22.3 Å². The molecular weight excluding hydrogens is 408 g/mol. The summed E-state index contributed by atoms with van der Waals surface area (Å²) in [6.07, 6.45) is 0. The van der Waals surface area contributed by atoms with Gasteiger partial charge in [0.1, 0.15) is 0 Å². The average molecular weight is 410 g/mol. The van der Waals surface area contributed by atoms with Crippen LogP contribution in [0.15, 0.2) is 12.1 Å². The quantitative estimate of drug-likeness (QED) is 0.366. The van der Waals surface area contributed by atoms with Crippen molar-refractivity contribution in [3.8, 4) is 20.9 Å². The summed E-state index contributed by atoms with van der Waals surface area (Å²) in [6.45, 7) is 0. The Morgan fingerprint density at radius 2 is 0.962 bits per heavy atom. The van der Waals surface area contributed by atoms with Crippen molar-refractivity contribution < 1.29 is 35.1 Å². The Kier molecular flexibility index (Phi) is 2.80. The summed E-state index contributed by atoms with van der Waals surface area (Å²) >= 11 is 0.175. The summed E-state index contributed by atoms with van der Waals surface area (Å²) in [6, 6.07) is 1.37. The van der Waals surface area contributed by atoms with E-state index >= 15 is 0 Å². The van der Waals surface area contributed by atoms with E-state index in [-0.39, 0.29) is 22.7 Å². The number of fused-ring (bicyclic) bond motifs is 6. The smallest absolute Gasteiger partial charge is 0.202 e. The first-order chi connectivity index (χ1) is 12.1. The molecule has 2 aromatic heterocycles. The summed E-state index contributed by atoms with van der Waals surface area (Å²) in [5, 5.41) is -2.94. The average Bonchev–Trinajstić information content (AvgIpc) is 3.16. The van der Waals surface area contributed by atoms with Gasteiger partial charge >= 0.3 is 11.8 Å². The zero-order valence-corrected chi connectivity index (χ0v) is 13.6. The fourth-order valence-electron chi connectivity index (χ4n) is 3.47. The van der Waals surface area contributed by atoms with Gasteiger partial charge in [0.05, 0.1) is 20.9 Å². The summed E-state index contributed by atoms with van der Waals surface area (Å²) in [7, 11) is 0. The predicted molar refractivity (Wildman–Crippen MR) is 78.9 cm³/mol. The minimum absolute atomic E-state index is 0.0875. The van der Waals surface area contributed by atoms with E-state index in [9.17, 15) is 35.1 Å². The Balaban J connectivity index is 1.87. The van der Waals surface area contributed by atoms with Crippen LogP contribution in [0.2, 0.25) is 0 Å². The monoisotopic (exact) mass is 410 g/mol. The molecule has 5 rings (SSSR count). The maximum atomic E-state index is 14.6. The third-order valence-corrected chi connectivity index (χ3v) is 6.55. The molecule has 0 saturated carbocycles. The lowest BCUT2D eigenvalue weighted by Crippen LogP contribution is -2.14. The first kappa shape index (κ1) is 16.2. The van der Waals surface area contributed by atoms with E-state index in [1.165, 1.54) is 0 Å². The second kappa shape index (κ2) is 4.48. The molecule has 26 heavy (non-hydrogen) atoms. The summed E-state index contributed by atoms with van der Waals surface area (Å²) in [5.74, 6) is -11.4. The van der Waals surface area contributed by atoms with Gasteiger partial charge in [0.25, 0.3) is 0 Å². The molecule has 10 heteroatoms. The molecule has 2 aliphatic carbocycles. The molecule has 0 spiro atoms. The Hall–Kier alpha value is -1.94. The molecule has 0 radical (unpaired) electrons. The lowest BCUT2D eigenvalue weighted by Gasteiger charge is -2.15. The van der Waals surface area contributed by atoms with Crippen LogP contribution in [0, 0.1) is 21.9 Å². The van der Waals surface area contributed by atoms with Crippen molar-refractivity contribution in [1.82, 2.24) is 0 Å². The molecule has 0 unspecified atom stereocenters. The lowest BCUT2D eigenvalue weighted by atomic mass is 9.99. The third kappa shape index (κ3) is 1.61. The number of hydrogen-bond donors (Lipinski definition) is 0. The van der Waals surface area contributed by atoms with Gasteiger partial charge in [0.15, 0.2) is 11.6 Å². The number of halogens is 8. The molecular formula is C16H2F8S2. The molecule has 0 amide bonds. The molecule has 3 aromatic rings. The second-order valence-corrected chi connectivity index (χ2v) is 7.82. The summed E-state index contributed by atoms with van der Waals surface area (Å²) in [4.78, 5) is -0.971. The lowest BCUT2D eigenvalue weighted by molar-refractivity contribution is 0.0410. The summed E-state index contributed by atoms with van der Waals surface area (Å²) < 4.78 is 113. The van der Waals surface area contributed by atoms with Gasteiger partial charge in [0, 0.05) is 22.3 Å². The highest BCUT2D eigenvalue weighted by Crippen LogP contribution is 2.61. The molecule has 0 aliphatic heterocycles. The molecule has 2 heterocycles. The third-order valence-electron chi connectivity index (χ3n) is 4.57. The Morgan fingerprint density at radius 3 is 1.31 bits per heavy atom. The van der Waals surface area contributed by atoms with E-state index in [0.29, 0.717) is 12.1 Å². The molecule has 0 N–H and O–H groups in total. The number of thiophene rings is 2. The van der Waals surface area contributed by atoms with Crippen LogP contribution >= 0.6 is 22.7 Å². The SMILES string of the molecule is Fc1sc2c(c1F)C(F)(F)c1cc3c(cc1-2)C(F)(F)c1c-3sc(F)c1F. The number of benzene rings is 1. The van der Waals surface area contributed by atoms with Crippen molar-refractivity contribution in [2.75, 3.05) is 0 Å². The van der Waals surface area contributed by atoms with E-state index in [0.717, 1.165) is 0 Å². The zero-order chi connectivity index (χ0) is 18.8. The van der Waals surface area contributed by atoms with E-state index < -0.39 is 76.9 Å². The van der Waals surface area contributed by atoms with Crippen molar-refractivity contribution >= 4 is 22.7 Å². The highest BCUT2D eigenvalue weighted by atomic mass is 32.1. The predicted octanol–water partition coefficient (Wildman–Crippen LogP) is 6.61. The van der Waals surface area contributed by atoms with Crippen LogP contribution in [0.25, 0.3) is 20.9 Å². The van der Waals surface area contributed by atoms with Gasteiger partial charge in [-0.1, -0.05) is 0 Å². The van der Waals surface area contributed by atoms with Gasteiger partial charge in [-0.3, -0.25) is 0 Å². The molecule has 0 saturated heterocycles. The van der Waals surface area contributed by atoms with Crippen LogP contribution in [-0.2, 0) is 11.8 Å². The molecule has 0 fully saturated rings.